The number of nitrogens with two attached hydrogens (primary N) is 3. The molecule has 11 N–H and O–H groups in total. The molecule has 0 aromatic heterocycles. The second-order valence-electron chi connectivity index (χ2n) is 7.30. The highest BCUT2D eigenvalue weighted by atomic mass is 16.4. The summed E-state index contributed by atoms with van der Waals surface area (Å²) in [7, 11) is 0. The van der Waals surface area contributed by atoms with Crippen LogP contribution in [0, 0.1) is 5.92 Å². The molecule has 0 aliphatic heterocycles. The number of aliphatic hydroxyl groups is 1. The second kappa shape index (κ2) is 12.4. The van der Waals surface area contributed by atoms with Gasteiger partial charge in [0.15, 0.2) is 6.04 Å². The number of hydrogen-bond donors (Lipinski definition) is 8. The van der Waals surface area contributed by atoms with E-state index >= 15 is 0 Å². The summed E-state index contributed by atoms with van der Waals surface area (Å²) in [6, 6.07) is -5.91. The lowest BCUT2D eigenvalue weighted by Gasteiger charge is -2.25. The van der Waals surface area contributed by atoms with Crippen LogP contribution in [0.3, 0.4) is 0 Å². The number of aliphatic hydroxyl groups excluding tert-OH is 1. The standard InChI is InChI=1S/C17H30N6O8/c1-6(2)12(20)16(29)22-8(4-10(18)25)14(27)21-9(5-11(19)26)15(28)23-13(7(3)24)17(30)31/h6-9,12-13,24H,4-5,20H2,1-3H3,(H2,18,25)(H2,19,26)(H,21,27)(H,22,29)(H,23,28)(H,30,31)/t7-,8+,9+,12+,13+/m1/s1. The van der Waals surface area contributed by atoms with E-state index in [1.54, 1.807) is 13.8 Å². The van der Waals surface area contributed by atoms with E-state index in [9.17, 15) is 33.9 Å². The van der Waals surface area contributed by atoms with E-state index in [-0.39, 0.29) is 5.92 Å². The van der Waals surface area contributed by atoms with Gasteiger partial charge in [-0.15, -0.1) is 0 Å². The van der Waals surface area contributed by atoms with Gasteiger partial charge in [-0.25, -0.2) is 4.79 Å². The summed E-state index contributed by atoms with van der Waals surface area (Å²) in [5.41, 5.74) is 15.9. The molecule has 31 heavy (non-hydrogen) atoms. The molecular formula is C17H30N6O8. The van der Waals surface area contributed by atoms with Gasteiger partial charge in [0.2, 0.25) is 29.5 Å². The van der Waals surface area contributed by atoms with E-state index in [1.807, 2.05) is 5.32 Å². The Labute approximate surface area is 178 Å². The van der Waals surface area contributed by atoms with E-state index in [0.717, 1.165) is 6.92 Å². The Morgan fingerprint density at radius 3 is 1.48 bits per heavy atom. The molecule has 0 aliphatic rings. The van der Waals surface area contributed by atoms with Crippen LogP contribution in [-0.4, -0.2) is 76.0 Å². The Morgan fingerprint density at radius 1 is 0.774 bits per heavy atom. The predicted octanol–water partition coefficient (Wildman–Crippen LogP) is -4.36. The third-order valence-electron chi connectivity index (χ3n) is 4.14. The van der Waals surface area contributed by atoms with Crippen molar-refractivity contribution >= 4 is 35.5 Å². The van der Waals surface area contributed by atoms with Crippen LogP contribution in [-0.2, 0) is 28.8 Å². The molecule has 0 unspecified atom stereocenters. The van der Waals surface area contributed by atoms with Gasteiger partial charge < -0.3 is 43.4 Å². The number of nitrogens with one attached hydrogen (secondary N) is 3. The number of hydrogen-bond acceptors (Lipinski definition) is 8. The fourth-order valence-electron chi connectivity index (χ4n) is 2.31. The van der Waals surface area contributed by atoms with Gasteiger partial charge in [0.25, 0.3) is 0 Å². The summed E-state index contributed by atoms with van der Waals surface area (Å²) < 4.78 is 0. The fraction of sp³-hybridized carbons (Fsp3) is 0.647. The summed E-state index contributed by atoms with van der Waals surface area (Å²) >= 11 is 0. The molecular weight excluding hydrogens is 416 g/mol. The Morgan fingerprint density at radius 2 is 1.16 bits per heavy atom. The number of aliphatic carboxylic acids is 1. The minimum Gasteiger partial charge on any atom is -0.480 e. The Balaban J connectivity index is 5.56. The molecule has 0 radical (unpaired) electrons. The molecule has 0 rings (SSSR count). The van der Waals surface area contributed by atoms with Gasteiger partial charge in [0, 0.05) is 0 Å². The molecule has 0 spiro atoms. The molecule has 0 bridgehead atoms. The number of carboxylic acids is 1. The molecule has 0 aliphatic carbocycles. The molecule has 5 atom stereocenters. The lowest BCUT2D eigenvalue weighted by Crippen LogP contribution is -2.59. The zero-order chi connectivity index (χ0) is 24.5. The third kappa shape index (κ3) is 9.86. The van der Waals surface area contributed by atoms with Crippen molar-refractivity contribution in [1.82, 2.24) is 16.0 Å². The molecule has 5 amide bonds. The van der Waals surface area contributed by atoms with Crippen molar-refractivity contribution < 1.29 is 39.0 Å². The van der Waals surface area contributed by atoms with Crippen molar-refractivity contribution in [1.29, 1.82) is 0 Å². The van der Waals surface area contributed by atoms with Crippen LogP contribution >= 0.6 is 0 Å². The number of primary amides is 2. The van der Waals surface area contributed by atoms with Crippen LogP contribution in [0.25, 0.3) is 0 Å². The average molecular weight is 446 g/mol. The van der Waals surface area contributed by atoms with Gasteiger partial charge >= 0.3 is 5.97 Å². The van der Waals surface area contributed by atoms with Crippen LogP contribution in [0.15, 0.2) is 0 Å². The van der Waals surface area contributed by atoms with Gasteiger partial charge in [0.1, 0.15) is 12.1 Å². The Hall–Kier alpha value is -3.26. The van der Waals surface area contributed by atoms with Crippen LogP contribution in [0.1, 0.15) is 33.6 Å². The summed E-state index contributed by atoms with van der Waals surface area (Å²) in [5.74, 6) is -6.77. The van der Waals surface area contributed by atoms with Gasteiger partial charge in [-0.1, -0.05) is 13.8 Å². The highest BCUT2D eigenvalue weighted by Crippen LogP contribution is 2.03. The topological polar surface area (TPSA) is 257 Å². The molecule has 176 valence electrons. The number of carboxylic acid groups (broad SMARTS) is 1. The molecule has 0 aromatic rings. The predicted molar refractivity (Wildman–Crippen MR) is 106 cm³/mol. The van der Waals surface area contributed by atoms with Gasteiger partial charge in [-0.2, -0.15) is 0 Å². The molecule has 0 aromatic carbocycles. The largest absolute Gasteiger partial charge is 0.480 e. The van der Waals surface area contributed by atoms with Gasteiger partial charge in [-0.05, 0) is 12.8 Å². The summed E-state index contributed by atoms with van der Waals surface area (Å²) in [4.78, 5) is 70.9. The van der Waals surface area contributed by atoms with Crippen molar-refractivity contribution in [3.63, 3.8) is 0 Å². The number of amides is 5. The monoisotopic (exact) mass is 446 g/mol. The number of carbonyl (C=O) groups is 6. The third-order valence-corrected chi connectivity index (χ3v) is 4.14. The van der Waals surface area contributed by atoms with E-state index in [0.29, 0.717) is 0 Å². The summed E-state index contributed by atoms with van der Waals surface area (Å²) in [5, 5.41) is 24.9. The molecule has 14 nitrogen and oxygen atoms in total. The normalized spacial score (nSPS) is 15.7. The Bertz CT molecular complexity index is 711. The summed E-state index contributed by atoms with van der Waals surface area (Å²) in [6.07, 6.45) is -2.86. The van der Waals surface area contributed by atoms with Crippen molar-refractivity contribution in [3.8, 4) is 0 Å². The molecule has 14 heteroatoms. The van der Waals surface area contributed by atoms with E-state index in [1.165, 1.54) is 0 Å². The molecule has 0 saturated carbocycles. The van der Waals surface area contributed by atoms with Crippen molar-refractivity contribution in [2.24, 2.45) is 23.1 Å². The molecule has 0 fully saturated rings. The molecule has 0 saturated heterocycles. The van der Waals surface area contributed by atoms with E-state index in [2.05, 4.69) is 10.6 Å². The maximum atomic E-state index is 12.6. The first-order chi connectivity index (χ1) is 14.2. The maximum absolute atomic E-state index is 12.6. The minimum absolute atomic E-state index is 0.292. The van der Waals surface area contributed by atoms with Crippen LogP contribution < -0.4 is 33.2 Å². The second-order valence-corrected chi connectivity index (χ2v) is 7.30. The average Bonchev–Trinajstić information content (AvgIpc) is 2.62. The van der Waals surface area contributed by atoms with E-state index in [4.69, 9.17) is 22.3 Å². The van der Waals surface area contributed by atoms with Crippen LogP contribution in [0.4, 0.5) is 0 Å². The highest BCUT2D eigenvalue weighted by Gasteiger charge is 2.33. The van der Waals surface area contributed by atoms with Crippen molar-refractivity contribution in [2.45, 2.75) is 63.9 Å². The van der Waals surface area contributed by atoms with Crippen molar-refractivity contribution in [3.05, 3.63) is 0 Å². The van der Waals surface area contributed by atoms with Crippen LogP contribution in [0.2, 0.25) is 0 Å². The first-order valence-corrected chi connectivity index (χ1v) is 9.31. The quantitative estimate of drug-likeness (QED) is 0.136. The fourth-order valence-corrected chi connectivity index (χ4v) is 2.31. The minimum atomic E-state index is -1.73. The summed E-state index contributed by atoms with van der Waals surface area (Å²) in [6.45, 7) is 4.42. The van der Waals surface area contributed by atoms with Gasteiger partial charge in [-0.3, -0.25) is 24.0 Å². The zero-order valence-corrected chi connectivity index (χ0v) is 17.5. The van der Waals surface area contributed by atoms with Crippen LogP contribution in [0.5, 0.6) is 0 Å². The van der Waals surface area contributed by atoms with Crippen molar-refractivity contribution in [2.75, 3.05) is 0 Å². The highest BCUT2D eigenvalue weighted by molar-refractivity contribution is 5.97. The maximum Gasteiger partial charge on any atom is 0.328 e. The first-order valence-electron chi connectivity index (χ1n) is 9.31. The number of rotatable bonds is 13. The lowest BCUT2D eigenvalue weighted by atomic mass is 10.0. The van der Waals surface area contributed by atoms with E-state index < -0.39 is 78.6 Å². The smallest absolute Gasteiger partial charge is 0.328 e. The molecule has 0 heterocycles. The lowest BCUT2D eigenvalue weighted by molar-refractivity contribution is -0.145. The number of carbonyl (C=O) groups excluding carboxylic acids is 5. The SMILES string of the molecule is CC(C)[C@H](N)C(=O)N[C@@H](CC(N)=O)C(=O)N[C@@H](CC(N)=O)C(=O)N[C@H](C(=O)O)[C@@H](C)O. The first kappa shape index (κ1) is 27.7. The van der Waals surface area contributed by atoms with Gasteiger partial charge in [0.05, 0.1) is 25.0 Å². The Kier molecular flexibility index (Phi) is 11.1. The zero-order valence-electron chi connectivity index (χ0n) is 17.5.